The normalized spacial score (nSPS) is 12.8. The molecule has 0 aliphatic carbocycles. The van der Waals surface area contributed by atoms with Crippen LogP contribution in [0.2, 0.25) is 0 Å². The molecular weight excluding hydrogens is 282 g/mol. The third kappa shape index (κ3) is 2.20. The molecule has 7 nitrogen and oxygen atoms in total. The lowest BCUT2D eigenvalue weighted by molar-refractivity contribution is 0.174. The summed E-state index contributed by atoms with van der Waals surface area (Å²) in [5.74, 6) is 2.36. The fourth-order valence-corrected chi connectivity index (χ4v) is 2.50. The van der Waals surface area contributed by atoms with E-state index in [1.807, 2.05) is 25.1 Å². The zero-order chi connectivity index (χ0) is 14.9. The number of hydrogen-bond donors (Lipinski definition) is 2. The Morgan fingerprint density at radius 1 is 1.18 bits per heavy atom. The predicted molar refractivity (Wildman–Crippen MR) is 81.2 cm³/mol. The Kier molecular flexibility index (Phi) is 3.03. The summed E-state index contributed by atoms with van der Waals surface area (Å²) in [5.41, 5.74) is 3.74. The zero-order valence-corrected chi connectivity index (χ0v) is 12.1. The molecular formula is C15H15N5O2. The maximum absolute atomic E-state index is 5.39. The Bertz CT molecular complexity index is 830. The molecule has 0 spiro atoms. The van der Waals surface area contributed by atoms with Crippen LogP contribution in [0.4, 0.5) is 5.82 Å². The summed E-state index contributed by atoms with van der Waals surface area (Å²) in [6.45, 7) is 2.99. The van der Waals surface area contributed by atoms with Gasteiger partial charge in [-0.2, -0.15) is 5.10 Å². The van der Waals surface area contributed by atoms with Crippen LogP contribution in [0, 0.1) is 6.92 Å². The van der Waals surface area contributed by atoms with E-state index in [0.717, 1.165) is 47.0 Å². The molecule has 0 amide bonds. The lowest BCUT2D eigenvalue weighted by Crippen LogP contribution is -2.07. The van der Waals surface area contributed by atoms with E-state index in [0.29, 0.717) is 6.79 Å². The second kappa shape index (κ2) is 5.18. The number of hydrogen-bond acceptors (Lipinski definition) is 6. The highest BCUT2D eigenvalue weighted by molar-refractivity contribution is 5.86. The predicted octanol–water partition coefficient (Wildman–Crippen LogP) is 2.04. The third-order valence-corrected chi connectivity index (χ3v) is 3.66. The van der Waals surface area contributed by atoms with Crippen molar-refractivity contribution in [2.75, 3.05) is 18.7 Å². The Balaban J connectivity index is 1.46. The highest BCUT2D eigenvalue weighted by Crippen LogP contribution is 2.32. The Hall–Kier alpha value is -2.83. The van der Waals surface area contributed by atoms with Crippen molar-refractivity contribution in [1.29, 1.82) is 0 Å². The number of aromatic amines is 1. The molecule has 1 aromatic carbocycles. The van der Waals surface area contributed by atoms with Gasteiger partial charge < -0.3 is 14.8 Å². The van der Waals surface area contributed by atoms with E-state index in [9.17, 15) is 0 Å². The second-order valence-electron chi connectivity index (χ2n) is 5.13. The van der Waals surface area contributed by atoms with Crippen molar-refractivity contribution >= 4 is 16.9 Å². The number of ether oxygens (including phenoxy) is 2. The summed E-state index contributed by atoms with van der Waals surface area (Å²) < 4.78 is 10.7. The molecule has 2 N–H and O–H groups in total. The molecule has 0 bridgehead atoms. The molecule has 2 aromatic heterocycles. The summed E-state index contributed by atoms with van der Waals surface area (Å²) in [4.78, 5) is 8.49. The molecule has 1 aliphatic rings. The number of nitrogens with one attached hydrogen (secondary N) is 2. The standard InChI is InChI=1S/C15H15N5O2/c1-9-13-14(20-19-9)15(18-7-17-13)16-5-4-10-2-3-11-12(6-10)22-8-21-11/h2-3,6-7H,4-5,8H2,1H3,(H,19,20)(H,16,17,18). The Morgan fingerprint density at radius 3 is 3.05 bits per heavy atom. The first-order valence-corrected chi connectivity index (χ1v) is 7.09. The van der Waals surface area contributed by atoms with Crippen LogP contribution in [0.5, 0.6) is 11.5 Å². The minimum absolute atomic E-state index is 0.300. The van der Waals surface area contributed by atoms with Gasteiger partial charge in [0.15, 0.2) is 22.8 Å². The zero-order valence-electron chi connectivity index (χ0n) is 12.1. The number of benzene rings is 1. The van der Waals surface area contributed by atoms with Gasteiger partial charge in [-0.15, -0.1) is 0 Å². The maximum atomic E-state index is 5.39. The Morgan fingerprint density at radius 2 is 2.09 bits per heavy atom. The van der Waals surface area contributed by atoms with Crippen LogP contribution in [0.15, 0.2) is 24.5 Å². The summed E-state index contributed by atoms with van der Waals surface area (Å²) in [6, 6.07) is 6.00. The summed E-state index contributed by atoms with van der Waals surface area (Å²) >= 11 is 0. The molecule has 3 aromatic rings. The molecule has 0 atom stereocenters. The van der Waals surface area contributed by atoms with Crippen LogP contribution in [-0.2, 0) is 6.42 Å². The number of fused-ring (bicyclic) bond motifs is 2. The smallest absolute Gasteiger partial charge is 0.231 e. The van der Waals surface area contributed by atoms with E-state index >= 15 is 0 Å². The van der Waals surface area contributed by atoms with Gasteiger partial charge in [-0.25, -0.2) is 9.97 Å². The molecule has 7 heteroatoms. The minimum Gasteiger partial charge on any atom is -0.454 e. The van der Waals surface area contributed by atoms with Crippen molar-refractivity contribution < 1.29 is 9.47 Å². The SMILES string of the molecule is Cc1[nH]nc2c(NCCc3ccc4c(c3)OCO4)ncnc12. The van der Waals surface area contributed by atoms with Crippen LogP contribution in [0.3, 0.4) is 0 Å². The monoisotopic (exact) mass is 297 g/mol. The lowest BCUT2D eigenvalue weighted by Gasteiger charge is -2.06. The van der Waals surface area contributed by atoms with Gasteiger partial charge in [0, 0.05) is 6.54 Å². The van der Waals surface area contributed by atoms with E-state index in [2.05, 4.69) is 25.5 Å². The first-order chi connectivity index (χ1) is 10.8. The first-order valence-electron chi connectivity index (χ1n) is 7.09. The summed E-state index contributed by atoms with van der Waals surface area (Å²) in [7, 11) is 0. The van der Waals surface area contributed by atoms with Gasteiger partial charge in [-0.05, 0) is 31.0 Å². The molecule has 22 heavy (non-hydrogen) atoms. The first kappa shape index (κ1) is 12.9. The fourth-order valence-electron chi connectivity index (χ4n) is 2.50. The number of nitrogens with zero attached hydrogens (tertiary/aromatic N) is 3. The quantitative estimate of drug-likeness (QED) is 0.766. The van der Waals surface area contributed by atoms with Gasteiger partial charge in [0.25, 0.3) is 0 Å². The average molecular weight is 297 g/mol. The van der Waals surface area contributed by atoms with Crippen molar-refractivity contribution in [3.8, 4) is 11.5 Å². The third-order valence-electron chi connectivity index (χ3n) is 3.66. The fraction of sp³-hybridized carbons (Fsp3) is 0.267. The molecule has 112 valence electrons. The van der Waals surface area contributed by atoms with Gasteiger partial charge in [0.1, 0.15) is 11.8 Å². The molecule has 1 aliphatic heterocycles. The molecule has 0 saturated carbocycles. The van der Waals surface area contributed by atoms with Gasteiger partial charge in [-0.3, -0.25) is 5.10 Å². The van der Waals surface area contributed by atoms with Crippen molar-refractivity contribution in [1.82, 2.24) is 20.2 Å². The number of aryl methyl sites for hydroxylation is 1. The van der Waals surface area contributed by atoms with Crippen LogP contribution in [0.1, 0.15) is 11.3 Å². The van der Waals surface area contributed by atoms with Crippen LogP contribution >= 0.6 is 0 Å². The second-order valence-corrected chi connectivity index (χ2v) is 5.13. The molecule has 0 fully saturated rings. The van der Waals surface area contributed by atoms with E-state index in [1.54, 1.807) is 6.33 Å². The van der Waals surface area contributed by atoms with Gasteiger partial charge in [0.05, 0.1) is 5.69 Å². The van der Waals surface area contributed by atoms with E-state index in [1.165, 1.54) is 5.56 Å². The van der Waals surface area contributed by atoms with E-state index < -0.39 is 0 Å². The number of anilines is 1. The van der Waals surface area contributed by atoms with Crippen molar-refractivity contribution in [3.05, 3.63) is 35.8 Å². The van der Waals surface area contributed by atoms with Crippen molar-refractivity contribution in [2.24, 2.45) is 0 Å². The number of H-pyrrole nitrogens is 1. The van der Waals surface area contributed by atoms with E-state index in [-0.39, 0.29) is 0 Å². The van der Waals surface area contributed by atoms with E-state index in [4.69, 9.17) is 9.47 Å². The van der Waals surface area contributed by atoms with Crippen molar-refractivity contribution in [3.63, 3.8) is 0 Å². The lowest BCUT2D eigenvalue weighted by atomic mass is 10.1. The minimum atomic E-state index is 0.300. The number of aromatic nitrogens is 4. The molecule has 0 unspecified atom stereocenters. The molecule has 3 heterocycles. The number of rotatable bonds is 4. The Labute approximate surface area is 126 Å². The van der Waals surface area contributed by atoms with Gasteiger partial charge in [-0.1, -0.05) is 6.07 Å². The van der Waals surface area contributed by atoms with Gasteiger partial charge >= 0.3 is 0 Å². The summed E-state index contributed by atoms with van der Waals surface area (Å²) in [5, 5.41) is 10.5. The topological polar surface area (TPSA) is 85.0 Å². The highest BCUT2D eigenvalue weighted by atomic mass is 16.7. The molecule has 4 rings (SSSR count). The maximum Gasteiger partial charge on any atom is 0.231 e. The largest absolute Gasteiger partial charge is 0.454 e. The van der Waals surface area contributed by atoms with Crippen LogP contribution < -0.4 is 14.8 Å². The van der Waals surface area contributed by atoms with Crippen LogP contribution in [-0.4, -0.2) is 33.5 Å². The van der Waals surface area contributed by atoms with Gasteiger partial charge in [0.2, 0.25) is 6.79 Å². The average Bonchev–Trinajstić information content (AvgIpc) is 3.14. The van der Waals surface area contributed by atoms with Crippen LogP contribution in [0.25, 0.3) is 11.0 Å². The molecule has 0 saturated heterocycles. The highest BCUT2D eigenvalue weighted by Gasteiger charge is 2.13. The summed E-state index contributed by atoms with van der Waals surface area (Å²) in [6.07, 6.45) is 2.40. The van der Waals surface area contributed by atoms with Crippen molar-refractivity contribution in [2.45, 2.75) is 13.3 Å². The molecule has 0 radical (unpaired) electrons.